The van der Waals surface area contributed by atoms with E-state index in [1.807, 2.05) is 45.3 Å². The predicted molar refractivity (Wildman–Crippen MR) is 193 cm³/mol. The van der Waals surface area contributed by atoms with Crippen LogP contribution >= 0.6 is 15.9 Å². The molecule has 0 spiro atoms. The van der Waals surface area contributed by atoms with Gasteiger partial charge in [-0.1, -0.05) is 92.6 Å². The number of aldehydes is 2. The van der Waals surface area contributed by atoms with E-state index >= 15 is 0 Å². The highest BCUT2D eigenvalue weighted by atomic mass is 79.9. The van der Waals surface area contributed by atoms with Gasteiger partial charge in [0.2, 0.25) is 0 Å². The molecule has 2 amide bonds. The van der Waals surface area contributed by atoms with Crippen LogP contribution < -0.4 is 0 Å². The molecule has 0 heterocycles. The van der Waals surface area contributed by atoms with E-state index in [1.165, 1.54) is 0 Å². The summed E-state index contributed by atoms with van der Waals surface area (Å²) in [6, 6.07) is 11.1. The first-order chi connectivity index (χ1) is 22.2. The Bertz CT molecular complexity index is 1820. The van der Waals surface area contributed by atoms with Crippen LogP contribution in [0.4, 0.5) is 0 Å². The van der Waals surface area contributed by atoms with Gasteiger partial charge in [0.15, 0.2) is 12.6 Å². The van der Waals surface area contributed by atoms with Gasteiger partial charge in [0.1, 0.15) is 0 Å². The monoisotopic (exact) mass is 682 g/mol. The molecule has 0 N–H and O–H groups in total. The van der Waals surface area contributed by atoms with Gasteiger partial charge in [0.05, 0.1) is 0 Å². The van der Waals surface area contributed by atoms with Crippen LogP contribution in [0.15, 0.2) is 40.9 Å². The average molecular weight is 684 g/mol. The molecule has 0 aliphatic rings. The molecule has 0 saturated heterocycles. The number of unbranched alkanes of at least 4 members (excludes halogenated alkanes) is 6. The zero-order chi connectivity index (χ0) is 33.1. The number of amides is 2. The van der Waals surface area contributed by atoms with Gasteiger partial charge in [-0.2, -0.15) is 0 Å². The van der Waals surface area contributed by atoms with E-state index in [0.29, 0.717) is 46.1 Å². The number of aryl methyl sites for hydroxylation is 1. The number of rotatable bonds is 14. The third kappa shape index (κ3) is 5.90. The Hall–Kier alpha value is -3.84. The number of fused-ring (bicyclic) bond motifs is 2. The summed E-state index contributed by atoms with van der Waals surface area (Å²) < 4.78 is 0.722. The van der Waals surface area contributed by atoms with Crippen LogP contribution in [0.3, 0.4) is 0 Å². The molecule has 0 radical (unpaired) electrons. The first-order valence-electron chi connectivity index (χ1n) is 16.5. The van der Waals surface area contributed by atoms with Crippen molar-refractivity contribution in [1.29, 1.82) is 0 Å². The normalized spacial score (nSPS) is 11.6. The minimum absolute atomic E-state index is 0.111. The molecule has 0 fully saturated rings. The molecule has 0 saturated carbocycles. The fraction of sp³-hybridized carbons (Fsp3) is 0.385. The molecule has 240 valence electrons. The Balaban J connectivity index is 1.80. The highest BCUT2D eigenvalue weighted by Crippen LogP contribution is 2.47. The summed E-state index contributed by atoms with van der Waals surface area (Å²) >= 11 is 3.81. The van der Waals surface area contributed by atoms with E-state index < -0.39 is 0 Å². The summed E-state index contributed by atoms with van der Waals surface area (Å²) in [5.74, 6) is -0.239. The van der Waals surface area contributed by atoms with Crippen LogP contribution in [0, 0.1) is 6.92 Å². The zero-order valence-corrected chi connectivity index (χ0v) is 29.2. The summed E-state index contributed by atoms with van der Waals surface area (Å²) in [6.45, 7) is 7.59. The second-order valence-electron chi connectivity index (χ2n) is 12.6. The smallest absolute Gasteiger partial charge is 0.254 e. The molecule has 6 nitrogen and oxygen atoms in total. The van der Waals surface area contributed by atoms with Crippen molar-refractivity contribution < 1.29 is 19.2 Å². The molecule has 46 heavy (non-hydrogen) atoms. The standard InChI is InChI=1S/C39H43BrN2O4/c1-6-8-10-12-18-41(4)38(45)29-20-24(3)32-27-16-14-26(23-44)34-30(39(46)42(5)19-13-11-9-7-2)21-31(40)35(37(27)34)28-17-15-25(22-43)33(29)36(28)32/h14-17,20-23H,6-13,18-19H2,1-5H3. The quantitative estimate of drug-likeness (QED) is 0.0506. The Morgan fingerprint density at radius 1 is 0.630 bits per heavy atom. The molecule has 0 unspecified atom stereocenters. The van der Waals surface area contributed by atoms with Crippen molar-refractivity contribution >= 4 is 83.4 Å². The van der Waals surface area contributed by atoms with Gasteiger partial charge in [-0.3, -0.25) is 19.2 Å². The molecular weight excluding hydrogens is 640 g/mol. The summed E-state index contributed by atoms with van der Waals surface area (Å²) in [5, 5.41) is 6.42. The molecule has 0 aliphatic carbocycles. The number of benzene rings is 5. The maximum Gasteiger partial charge on any atom is 0.254 e. The SMILES string of the molecule is CCCCCCN(C)C(=O)c1cc(C)c2c3ccc(C=O)c4c(C(=O)N(C)CCCCCC)cc(Br)c(c5ccc(C=O)c1c52)c43. The van der Waals surface area contributed by atoms with Crippen LogP contribution in [0.25, 0.3) is 43.1 Å². The lowest BCUT2D eigenvalue weighted by Gasteiger charge is -2.24. The van der Waals surface area contributed by atoms with E-state index in [9.17, 15) is 19.2 Å². The predicted octanol–water partition coefficient (Wildman–Crippen LogP) is 9.74. The van der Waals surface area contributed by atoms with Crippen LogP contribution in [-0.2, 0) is 0 Å². The van der Waals surface area contributed by atoms with Gasteiger partial charge in [0, 0.05) is 75.5 Å². The molecule has 5 rings (SSSR count). The molecule has 5 aromatic carbocycles. The van der Waals surface area contributed by atoms with Gasteiger partial charge in [-0.25, -0.2) is 0 Å². The van der Waals surface area contributed by atoms with E-state index in [0.717, 1.165) is 106 Å². The van der Waals surface area contributed by atoms with Crippen molar-refractivity contribution in [3.63, 3.8) is 0 Å². The lowest BCUT2D eigenvalue weighted by atomic mass is 9.82. The van der Waals surface area contributed by atoms with Gasteiger partial charge >= 0.3 is 0 Å². The molecular formula is C39H43BrN2O4. The van der Waals surface area contributed by atoms with Crippen molar-refractivity contribution in [2.24, 2.45) is 0 Å². The number of carbonyl (C=O) groups is 4. The molecule has 0 aliphatic heterocycles. The number of halogens is 1. The molecule has 5 aromatic rings. The van der Waals surface area contributed by atoms with E-state index in [4.69, 9.17) is 0 Å². The highest BCUT2D eigenvalue weighted by Gasteiger charge is 2.27. The minimum atomic E-state index is -0.129. The number of nitrogens with zero attached hydrogens (tertiary/aromatic N) is 2. The van der Waals surface area contributed by atoms with Crippen molar-refractivity contribution in [2.45, 2.75) is 72.1 Å². The number of hydrogen-bond acceptors (Lipinski definition) is 4. The highest BCUT2D eigenvalue weighted by molar-refractivity contribution is 9.10. The zero-order valence-electron chi connectivity index (χ0n) is 27.6. The number of hydrogen-bond donors (Lipinski definition) is 0. The molecule has 7 heteroatoms. The van der Waals surface area contributed by atoms with Crippen molar-refractivity contribution in [2.75, 3.05) is 27.2 Å². The van der Waals surface area contributed by atoms with Gasteiger partial charge < -0.3 is 9.80 Å². The first-order valence-corrected chi connectivity index (χ1v) is 17.3. The largest absolute Gasteiger partial charge is 0.342 e. The van der Waals surface area contributed by atoms with E-state index in [2.05, 4.69) is 29.8 Å². The fourth-order valence-electron chi connectivity index (χ4n) is 7.01. The second kappa shape index (κ2) is 14.3. The average Bonchev–Trinajstić information content (AvgIpc) is 3.06. The third-order valence-electron chi connectivity index (χ3n) is 9.42. The first kappa shape index (κ1) is 33.5. The molecule has 0 atom stereocenters. The lowest BCUT2D eigenvalue weighted by molar-refractivity contribution is 0.0787. The van der Waals surface area contributed by atoms with Crippen LogP contribution in [-0.4, -0.2) is 61.4 Å². The summed E-state index contributed by atoms with van der Waals surface area (Å²) in [4.78, 5) is 56.4. The Morgan fingerprint density at radius 3 is 1.57 bits per heavy atom. The fourth-order valence-corrected chi connectivity index (χ4v) is 7.65. The summed E-state index contributed by atoms with van der Waals surface area (Å²) in [7, 11) is 3.64. The van der Waals surface area contributed by atoms with Gasteiger partial charge in [-0.15, -0.1) is 0 Å². The maximum atomic E-state index is 14.0. The minimum Gasteiger partial charge on any atom is -0.342 e. The lowest BCUT2D eigenvalue weighted by Crippen LogP contribution is -2.28. The van der Waals surface area contributed by atoms with E-state index in [1.54, 1.807) is 21.9 Å². The van der Waals surface area contributed by atoms with Crippen LogP contribution in [0.1, 0.15) is 112 Å². The topological polar surface area (TPSA) is 74.8 Å². The Morgan fingerprint density at radius 2 is 1.09 bits per heavy atom. The van der Waals surface area contributed by atoms with Crippen LogP contribution in [0.5, 0.6) is 0 Å². The van der Waals surface area contributed by atoms with Gasteiger partial charge in [-0.05, 0) is 59.0 Å². The second-order valence-corrected chi connectivity index (χ2v) is 13.5. The van der Waals surface area contributed by atoms with Crippen molar-refractivity contribution in [3.05, 3.63) is 68.7 Å². The number of carbonyl (C=O) groups excluding carboxylic acids is 4. The molecule has 0 bridgehead atoms. The maximum absolute atomic E-state index is 14.0. The van der Waals surface area contributed by atoms with Crippen LogP contribution in [0.2, 0.25) is 0 Å². The summed E-state index contributed by atoms with van der Waals surface area (Å²) in [5.41, 5.74) is 2.79. The summed E-state index contributed by atoms with van der Waals surface area (Å²) in [6.07, 6.45) is 10.1. The van der Waals surface area contributed by atoms with Crippen molar-refractivity contribution in [1.82, 2.24) is 9.80 Å². The Kier molecular flexibility index (Phi) is 10.4. The van der Waals surface area contributed by atoms with E-state index in [-0.39, 0.29) is 11.8 Å². The van der Waals surface area contributed by atoms with Crippen molar-refractivity contribution in [3.8, 4) is 0 Å². The third-order valence-corrected chi connectivity index (χ3v) is 10.0. The Labute approximate surface area is 279 Å². The molecule has 0 aromatic heterocycles. The van der Waals surface area contributed by atoms with Gasteiger partial charge in [0.25, 0.3) is 11.8 Å².